The smallest absolute Gasteiger partial charge is 0.224 e. The topological polar surface area (TPSA) is 58.2 Å². The van der Waals surface area contributed by atoms with Crippen LogP contribution in [-0.2, 0) is 9.59 Å². The van der Waals surface area contributed by atoms with Gasteiger partial charge in [-0.05, 0) is 94.3 Å². The van der Waals surface area contributed by atoms with Crippen LogP contribution in [0.2, 0.25) is 0 Å². The van der Waals surface area contributed by atoms with Crippen LogP contribution >= 0.6 is 0 Å². The predicted molar refractivity (Wildman–Crippen MR) is 112 cm³/mol. The number of hydrogen-bond acceptors (Lipinski definition) is 2. The first-order valence-electron chi connectivity index (χ1n) is 11.7. The third-order valence-corrected chi connectivity index (χ3v) is 9.15. The van der Waals surface area contributed by atoms with Crippen LogP contribution in [0, 0.1) is 34.5 Å². The van der Waals surface area contributed by atoms with E-state index in [9.17, 15) is 9.59 Å². The minimum atomic E-state index is -0.163. The standard InChI is InChI=1S/C24H40N2O2/c1-22(2,3)26-21(28)18-8-6-7-16-15-9-10-19-24(5,14-12-20(27)25-19)17(15)11-13-23(16,18)4/h15-19H,6-14H2,1-5H3,(H,25,27)(H,26,28)/t15-,16-,17-,18+,19+,23-,24+/m0/s1. The minimum absolute atomic E-state index is 0.135. The first kappa shape index (κ1) is 20.2. The van der Waals surface area contributed by atoms with Crippen LogP contribution in [0.4, 0.5) is 0 Å². The van der Waals surface area contributed by atoms with Gasteiger partial charge in [-0.15, -0.1) is 0 Å². The second kappa shape index (κ2) is 6.74. The molecule has 7 atom stereocenters. The molecule has 28 heavy (non-hydrogen) atoms. The summed E-state index contributed by atoms with van der Waals surface area (Å²) in [5, 5.41) is 6.61. The molecule has 4 aliphatic rings. The maximum Gasteiger partial charge on any atom is 0.224 e. The molecular weight excluding hydrogens is 348 g/mol. The molecule has 4 nitrogen and oxygen atoms in total. The van der Waals surface area contributed by atoms with Crippen molar-refractivity contribution in [3.8, 4) is 0 Å². The Morgan fingerprint density at radius 2 is 1.71 bits per heavy atom. The predicted octanol–water partition coefficient (Wildman–Crippen LogP) is 4.43. The van der Waals surface area contributed by atoms with Crippen LogP contribution < -0.4 is 10.6 Å². The lowest BCUT2D eigenvalue weighted by Gasteiger charge is -2.63. The summed E-state index contributed by atoms with van der Waals surface area (Å²) in [6.45, 7) is 11.1. The zero-order valence-corrected chi connectivity index (χ0v) is 18.6. The molecule has 0 radical (unpaired) electrons. The van der Waals surface area contributed by atoms with Gasteiger partial charge in [-0.25, -0.2) is 0 Å². The summed E-state index contributed by atoms with van der Waals surface area (Å²) in [7, 11) is 0. The maximum atomic E-state index is 13.2. The first-order chi connectivity index (χ1) is 13.0. The normalized spacial score (nSPS) is 45.9. The van der Waals surface area contributed by atoms with Crippen LogP contribution in [0.1, 0.15) is 92.4 Å². The molecule has 4 rings (SSSR count). The van der Waals surface area contributed by atoms with Gasteiger partial charge in [0.15, 0.2) is 0 Å². The number of fused-ring (bicyclic) bond motifs is 5. The molecule has 158 valence electrons. The average Bonchev–Trinajstić information content (AvgIpc) is 2.59. The summed E-state index contributed by atoms with van der Waals surface area (Å²) in [6.07, 6.45) is 9.97. The summed E-state index contributed by atoms with van der Waals surface area (Å²) in [6, 6.07) is 0.364. The summed E-state index contributed by atoms with van der Waals surface area (Å²) in [5.41, 5.74) is 0.220. The van der Waals surface area contributed by atoms with E-state index in [0.29, 0.717) is 24.3 Å². The molecule has 0 spiro atoms. The van der Waals surface area contributed by atoms with Crippen LogP contribution in [0.5, 0.6) is 0 Å². The number of amides is 2. The molecule has 2 amide bonds. The number of carbonyl (C=O) groups is 2. The van der Waals surface area contributed by atoms with Crippen molar-refractivity contribution in [2.24, 2.45) is 34.5 Å². The SMILES string of the molecule is CC(C)(C)NC(=O)[C@H]1CCC[C@H]2[C@@H]3CC[C@H]4NC(=O)CC[C@]4(C)[C@H]3CC[C@]12C. The van der Waals surface area contributed by atoms with Gasteiger partial charge in [0, 0.05) is 23.9 Å². The van der Waals surface area contributed by atoms with Gasteiger partial charge in [0.05, 0.1) is 0 Å². The van der Waals surface area contributed by atoms with Crippen molar-refractivity contribution in [2.45, 2.75) is 104 Å². The van der Waals surface area contributed by atoms with Gasteiger partial charge >= 0.3 is 0 Å². The van der Waals surface area contributed by atoms with Gasteiger partial charge in [-0.2, -0.15) is 0 Å². The van der Waals surface area contributed by atoms with E-state index in [1.165, 1.54) is 25.7 Å². The van der Waals surface area contributed by atoms with Crippen molar-refractivity contribution in [2.75, 3.05) is 0 Å². The van der Waals surface area contributed by atoms with E-state index in [0.717, 1.165) is 31.6 Å². The van der Waals surface area contributed by atoms with E-state index in [1.807, 2.05) is 0 Å². The third-order valence-electron chi connectivity index (χ3n) is 9.15. The van der Waals surface area contributed by atoms with Crippen LogP contribution in [0.3, 0.4) is 0 Å². The minimum Gasteiger partial charge on any atom is -0.353 e. The zero-order valence-electron chi connectivity index (χ0n) is 18.6. The second-order valence-electron chi connectivity index (χ2n) is 11.8. The molecule has 0 bridgehead atoms. The summed E-state index contributed by atoms with van der Waals surface area (Å²) in [5.74, 6) is 2.77. The van der Waals surface area contributed by atoms with Crippen molar-refractivity contribution in [3.05, 3.63) is 0 Å². The van der Waals surface area contributed by atoms with Gasteiger partial charge in [0.2, 0.25) is 11.8 Å². The number of piperidine rings is 1. The molecule has 0 aromatic carbocycles. The Balaban J connectivity index is 1.58. The molecule has 1 saturated heterocycles. The van der Waals surface area contributed by atoms with Gasteiger partial charge in [-0.1, -0.05) is 20.3 Å². The molecule has 0 unspecified atom stereocenters. The lowest BCUT2D eigenvalue weighted by atomic mass is 9.43. The number of rotatable bonds is 1. The monoisotopic (exact) mass is 388 g/mol. The van der Waals surface area contributed by atoms with Gasteiger partial charge < -0.3 is 10.6 Å². The van der Waals surface area contributed by atoms with Crippen molar-refractivity contribution in [1.29, 1.82) is 0 Å². The van der Waals surface area contributed by atoms with E-state index in [-0.39, 0.29) is 34.1 Å². The van der Waals surface area contributed by atoms with Crippen LogP contribution in [0.25, 0.3) is 0 Å². The maximum absolute atomic E-state index is 13.2. The van der Waals surface area contributed by atoms with Crippen LogP contribution in [0.15, 0.2) is 0 Å². The highest BCUT2D eigenvalue weighted by molar-refractivity contribution is 5.80. The molecule has 4 heteroatoms. The zero-order chi connectivity index (χ0) is 20.3. The fourth-order valence-electron chi connectivity index (χ4n) is 7.79. The van der Waals surface area contributed by atoms with Crippen molar-refractivity contribution in [1.82, 2.24) is 10.6 Å². The molecule has 4 fully saturated rings. The Kier molecular flexibility index (Phi) is 4.87. The largest absolute Gasteiger partial charge is 0.353 e. The first-order valence-corrected chi connectivity index (χ1v) is 11.7. The fourth-order valence-corrected chi connectivity index (χ4v) is 7.79. The molecular formula is C24H40N2O2. The Morgan fingerprint density at radius 3 is 2.43 bits per heavy atom. The van der Waals surface area contributed by atoms with E-state index >= 15 is 0 Å². The molecule has 1 aliphatic heterocycles. The van der Waals surface area contributed by atoms with E-state index in [1.54, 1.807) is 0 Å². The number of nitrogens with one attached hydrogen (secondary N) is 2. The Labute approximate surface area is 171 Å². The number of carbonyl (C=O) groups excluding carboxylic acids is 2. The van der Waals surface area contributed by atoms with Crippen molar-refractivity contribution in [3.63, 3.8) is 0 Å². The molecule has 2 N–H and O–H groups in total. The van der Waals surface area contributed by atoms with Gasteiger partial charge in [0.25, 0.3) is 0 Å². The lowest BCUT2D eigenvalue weighted by molar-refractivity contribution is -0.156. The van der Waals surface area contributed by atoms with Gasteiger partial charge in [-0.3, -0.25) is 9.59 Å². The Morgan fingerprint density at radius 1 is 1.00 bits per heavy atom. The van der Waals surface area contributed by atoms with Gasteiger partial charge in [0.1, 0.15) is 0 Å². The lowest BCUT2D eigenvalue weighted by Crippen LogP contribution is -2.63. The number of hydrogen-bond donors (Lipinski definition) is 2. The second-order valence-corrected chi connectivity index (χ2v) is 11.8. The van der Waals surface area contributed by atoms with E-state index < -0.39 is 0 Å². The summed E-state index contributed by atoms with van der Waals surface area (Å²) >= 11 is 0. The van der Waals surface area contributed by atoms with E-state index in [2.05, 4.69) is 45.3 Å². The van der Waals surface area contributed by atoms with E-state index in [4.69, 9.17) is 0 Å². The van der Waals surface area contributed by atoms with Crippen LogP contribution in [-0.4, -0.2) is 23.4 Å². The average molecular weight is 389 g/mol. The molecule has 3 saturated carbocycles. The molecule has 3 aliphatic carbocycles. The summed E-state index contributed by atoms with van der Waals surface area (Å²) < 4.78 is 0. The Bertz CT molecular complexity index is 653. The molecule has 1 heterocycles. The quantitative estimate of drug-likeness (QED) is 0.698. The highest BCUT2D eigenvalue weighted by Crippen LogP contribution is 2.64. The molecule has 0 aromatic heterocycles. The highest BCUT2D eigenvalue weighted by Gasteiger charge is 2.60. The third kappa shape index (κ3) is 3.19. The van der Waals surface area contributed by atoms with Crippen molar-refractivity contribution >= 4 is 11.8 Å². The van der Waals surface area contributed by atoms with Crippen molar-refractivity contribution < 1.29 is 9.59 Å². The Hall–Kier alpha value is -1.06. The fraction of sp³-hybridized carbons (Fsp3) is 0.917. The molecule has 0 aromatic rings. The summed E-state index contributed by atoms with van der Waals surface area (Å²) in [4.78, 5) is 25.2. The highest BCUT2D eigenvalue weighted by atomic mass is 16.2.